The third-order valence-corrected chi connectivity index (χ3v) is 5.16. The minimum atomic E-state index is -4.47. The van der Waals surface area contributed by atoms with Gasteiger partial charge in [-0.2, -0.15) is 18.2 Å². The van der Waals surface area contributed by atoms with Crippen LogP contribution in [0.4, 0.5) is 19.0 Å². The van der Waals surface area contributed by atoms with E-state index in [1.807, 2.05) is 4.90 Å². The normalized spacial score (nSPS) is 20.2. The van der Waals surface area contributed by atoms with E-state index in [-0.39, 0.29) is 24.8 Å². The largest absolute Gasteiger partial charge is 0.468 e. The standard InChI is InChI=1S/C21H27F3N6O3/c1-2-16(31)29-20(13-25-8-9-27-20)19(32)26-12-15-6-7-17(33-14-21(22,23)24)28-18(15)30-10-4-3-5-11-30/h6-9,13,27H,2-5,10-12,14H2,1H3,(H,26,32)(H,29,31). The lowest BCUT2D eigenvalue weighted by Crippen LogP contribution is -2.67. The highest BCUT2D eigenvalue weighted by Crippen LogP contribution is 2.26. The molecule has 1 saturated heterocycles. The lowest BCUT2D eigenvalue weighted by atomic mass is 10.1. The van der Waals surface area contributed by atoms with Crippen molar-refractivity contribution < 1.29 is 27.5 Å². The third-order valence-electron chi connectivity index (χ3n) is 5.16. The second-order valence-corrected chi connectivity index (χ2v) is 7.71. The van der Waals surface area contributed by atoms with Gasteiger partial charge in [-0.25, -0.2) is 0 Å². The summed E-state index contributed by atoms with van der Waals surface area (Å²) >= 11 is 0. The summed E-state index contributed by atoms with van der Waals surface area (Å²) in [6, 6.07) is 2.93. The number of anilines is 1. The van der Waals surface area contributed by atoms with Crippen LogP contribution in [0.25, 0.3) is 0 Å². The zero-order chi connectivity index (χ0) is 23.9. The highest BCUT2D eigenvalue weighted by atomic mass is 19.4. The van der Waals surface area contributed by atoms with E-state index in [2.05, 4.69) is 25.9 Å². The average molecular weight is 468 g/mol. The van der Waals surface area contributed by atoms with Crippen LogP contribution in [0.15, 0.2) is 29.5 Å². The Kier molecular flexibility index (Phi) is 7.77. The Labute approximate surface area is 189 Å². The molecule has 0 saturated carbocycles. The SMILES string of the molecule is CCC(=O)NC1(C(=O)NCc2ccc(OCC(F)(F)F)nc2N2CCCCC2)C=NC=CN1. The number of halogens is 3. The molecule has 180 valence electrons. The molecule has 0 aliphatic carbocycles. The van der Waals surface area contributed by atoms with Crippen LogP contribution in [0.1, 0.15) is 38.2 Å². The van der Waals surface area contributed by atoms with E-state index in [4.69, 9.17) is 4.74 Å². The maximum absolute atomic E-state index is 13.0. The van der Waals surface area contributed by atoms with Gasteiger partial charge in [0.15, 0.2) is 6.61 Å². The first-order valence-electron chi connectivity index (χ1n) is 10.7. The fraction of sp³-hybridized carbons (Fsp3) is 0.524. The van der Waals surface area contributed by atoms with Crippen LogP contribution in [0, 0.1) is 0 Å². The Balaban J connectivity index is 1.78. The molecule has 0 aromatic carbocycles. The molecule has 1 fully saturated rings. The van der Waals surface area contributed by atoms with Crippen molar-refractivity contribution in [3.63, 3.8) is 0 Å². The van der Waals surface area contributed by atoms with Gasteiger partial charge in [0.05, 0.1) is 6.21 Å². The smallest absolute Gasteiger partial charge is 0.422 e. The van der Waals surface area contributed by atoms with E-state index < -0.39 is 24.4 Å². The Hall–Kier alpha value is -3.31. The van der Waals surface area contributed by atoms with Gasteiger partial charge in [-0.3, -0.25) is 14.6 Å². The molecule has 12 heteroatoms. The fourth-order valence-electron chi connectivity index (χ4n) is 3.49. The van der Waals surface area contributed by atoms with Crippen molar-refractivity contribution in [2.45, 2.75) is 51.0 Å². The van der Waals surface area contributed by atoms with Crippen LogP contribution < -0.4 is 25.6 Å². The molecule has 2 amide bonds. The molecule has 1 atom stereocenters. The molecular formula is C21H27F3N6O3. The number of carbonyl (C=O) groups excluding carboxylic acids is 2. The van der Waals surface area contributed by atoms with Crippen molar-refractivity contribution in [2.75, 3.05) is 24.6 Å². The van der Waals surface area contributed by atoms with Gasteiger partial charge < -0.3 is 25.6 Å². The number of hydrogen-bond donors (Lipinski definition) is 3. The number of aliphatic imine (C=N–C) groups is 1. The molecule has 1 unspecified atom stereocenters. The summed E-state index contributed by atoms with van der Waals surface area (Å²) in [7, 11) is 0. The quantitative estimate of drug-likeness (QED) is 0.539. The molecule has 3 rings (SSSR count). The van der Waals surface area contributed by atoms with Crippen molar-refractivity contribution in [3.05, 3.63) is 30.1 Å². The first-order valence-corrected chi connectivity index (χ1v) is 10.7. The van der Waals surface area contributed by atoms with Crippen molar-refractivity contribution in [3.8, 4) is 5.88 Å². The molecule has 0 radical (unpaired) electrons. The monoisotopic (exact) mass is 468 g/mol. The van der Waals surface area contributed by atoms with Gasteiger partial charge in [0.2, 0.25) is 17.5 Å². The van der Waals surface area contributed by atoms with Crippen LogP contribution in [-0.2, 0) is 16.1 Å². The van der Waals surface area contributed by atoms with E-state index >= 15 is 0 Å². The third kappa shape index (κ3) is 6.59. The van der Waals surface area contributed by atoms with Crippen LogP contribution in [0.5, 0.6) is 5.88 Å². The zero-order valence-electron chi connectivity index (χ0n) is 18.2. The summed E-state index contributed by atoms with van der Waals surface area (Å²) in [5, 5.41) is 8.21. The lowest BCUT2D eigenvalue weighted by Gasteiger charge is -2.32. The summed E-state index contributed by atoms with van der Waals surface area (Å²) in [5.41, 5.74) is -0.930. The van der Waals surface area contributed by atoms with Crippen molar-refractivity contribution in [2.24, 2.45) is 4.99 Å². The number of nitrogens with zero attached hydrogens (tertiary/aromatic N) is 3. The molecule has 0 bridgehead atoms. The molecule has 2 aliphatic rings. The van der Waals surface area contributed by atoms with Gasteiger partial charge in [-0.15, -0.1) is 0 Å². The number of piperidine rings is 1. The molecule has 33 heavy (non-hydrogen) atoms. The van der Waals surface area contributed by atoms with Crippen molar-refractivity contribution in [1.82, 2.24) is 20.9 Å². The first-order chi connectivity index (χ1) is 15.7. The molecule has 0 spiro atoms. The average Bonchev–Trinajstić information content (AvgIpc) is 2.82. The number of nitrogens with one attached hydrogen (secondary N) is 3. The minimum Gasteiger partial charge on any atom is -0.468 e. The van der Waals surface area contributed by atoms with Crippen molar-refractivity contribution in [1.29, 1.82) is 0 Å². The Morgan fingerprint density at radius 1 is 1.24 bits per heavy atom. The van der Waals surface area contributed by atoms with Gasteiger partial charge in [0.1, 0.15) is 5.82 Å². The molecular weight excluding hydrogens is 441 g/mol. The van der Waals surface area contributed by atoms with Gasteiger partial charge in [-0.1, -0.05) is 6.92 Å². The van der Waals surface area contributed by atoms with Gasteiger partial charge in [0, 0.05) is 50.1 Å². The van der Waals surface area contributed by atoms with Crippen LogP contribution in [-0.4, -0.2) is 54.5 Å². The Morgan fingerprint density at radius 2 is 2.00 bits per heavy atom. The molecule has 3 N–H and O–H groups in total. The van der Waals surface area contributed by atoms with Crippen LogP contribution >= 0.6 is 0 Å². The predicted molar refractivity (Wildman–Crippen MR) is 116 cm³/mol. The topological polar surface area (TPSA) is 108 Å². The van der Waals surface area contributed by atoms with Crippen LogP contribution in [0.2, 0.25) is 0 Å². The second-order valence-electron chi connectivity index (χ2n) is 7.71. The predicted octanol–water partition coefficient (Wildman–Crippen LogP) is 2.00. The number of amides is 2. The van der Waals surface area contributed by atoms with E-state index in [1.54, 1.807) is 13.0 Å². The summed E-state index contributed by atoms with van der Waals surface area (Å²) in [5.74, 6) is -0.562. The number of pyridine rings is 1. The maximum Gasteiger partial charge on any atom is 0.422 e. The summed E-state index contributed by atoms with van der Waals surface area (Å²) in [6.45, 7) is 1.67. The first kappa shape index (κ1) is 24.3. The molecule has 2 aliphatic heterocycles. The minimum absolute atomic E-state index is 0.0419. The Morgan fingerprint density at radius 3 is 2.64 bits per heavy atom. The fourth-order valence-corrected chi connectivity index (χ4v) is 3.49. The second kappa shape index (κ2) is 10.5. The molecule has 9 nitrogen and oxygen atoms in total. The number of ether oxygens (including phenoxy) is 1. The van der Waals surface area contributed by atoms with E-state index in [0.717, 1.165) is 19.3 Å². The number of rotatable bonds is 8. The molecule has 1 aromatic heterocycles. The number of alkyl halides is 3. The molecule has 3 heterocycles. The van der Waals surface area contributed by atoms with E-state index in [9.17, 15) is 22.8 Å². The molecule has 1 aromatic rings. The van der Waals surface area contributed by atoms with Gasteiger partial charge in [-0.05, 0) is 25.3 Å². The van der Waals surface area contributed by atoms with Crippen LogP contribution in [0.3, 0.4) is 0 Å². The number of carbonyl (C=O) groups is 2. The van der Waals surface area contributed by atoms with Crippen molar-refractivity contribution >= 4 is 23.8 Å². The number of hydrogen-bond acceptors (Lipinski definition) is 7. The Bertz CT molecular complexity index is 915. The lowest BCUT2D eigenvalue weighted by molar-refractivity contribution is -0.154. The summed E-state index contributed by atoms with van der Waals surface area (Å²) < 4.78 is 42.5. The summed E-state index contributed by atoms with van der Waals surface area (Å²) in [6.07, 6.45) is 2.82. The zero-order valence-corrected chi connectivity index (χ0v) is 18.2. The van der Waals surface area contributed by atoms with Gasteiger partial charge in [0.25, 0.3) is 5.91 Å². The van der Waals surface area contributed by atoms with Gasteiger partial charge >= 0.3 is 6.18 Å². The maximum atomic E-state index is 13.0. The van der Waals surface area contributed by atoms with E-state index in [1.165, 1.54) is 24.7 Å². The summed E-state index contributed by atoms with van der Waals surface area (Å²) in [4.78, 5) is 35.2. The highest BCUT2D eigenvalue weighted by molar-refractivity contribution is 6.06. The van der Waals surface area contributed by atoms with E-state index in [0.29, 0.717) is 24.5 Å². The number of aromatic nitrogens is 1. The highest BCUT2D eigenvalue weighted by Gasteiger charge is 2.38.